The first-order valence-corrected chi connectivity index (χ1v) is 11.5. The minimum absolute atomic E-state index is 0.188. The van der Waals surface area contributed by atoms with Crippen LogP contribution in [0.25, 0.3) is 0 Å². The molecule has 32 heavy (non-hydrogen) atoms. The lowest BCUT2D eigenvalue weighted by molar-refractivity contribution is -0.117. The molecule has 0 aliphatic heterocycles. The summed E-state index contributed by atoms with van der Waals surface area (Å²) in [6, 6.07) is 11.7. The molecule has 2 aliphatic carbocycles. The Morgan fingerprint density at radius 1 is 1.06 bits per heavy atom. The lowest BCUT2D eigenvalue weighted by Crippen LogP contribution is -2.38. The zero-order valence-corrected chi connectivity index (χ0v) is 20.4. The van der Waals surface area contributed by atoms with Crippen LogP contribution in [-0.4, -0.2) is 33.6 Å². The topological polar surface area (TPSA) is 73.2 Å². The summed E-state index contributed by atoms with van der Waals surface area (Å²) in [6.45, 7) is 0. The first-order chi connectivity index (χ1) is 15.0. The molecule has 2 aromatic rings. The number of anilines is 1. The fourth-order valence-corrected chi connectivity index (χ4v) is 5.11. The average Bonchev–Trinajstić information content (AvgIpc) is 3.65. The van der Waals surface area contributed by atoms with Crippen molar-refractivity contribution >= 4 is 75.5 Å². The SMILES string of the molecule is CN(C(=O)c1cc(NC(=O)[C@H]2[C@H](c3ccc(Cl)c(Cl)c3)C2(Cl)Cl)ccc1Cl)C1(C#N)CC1. The molecule has 166 valence electrons. The van der Waals surface area contributed by atoms with Gasteiger partial charge in [0.05, 0.1) is 32.6 Å². The molecule has 0 radical (unpaired) electrons. The number of halogens is 5. The Balaban J connectivity index is 1.53. The predicted octanol–water partition coefficient (Wildman–Crippen LogP) is 6.30. The van der Waals surface area contributed by atoms with Gasteiger partial charge in [0.15, 0.2) is 0 Å². The van der Waals surface area contributed by atoms with E-state index in [4.69, 9.17) is 58.0 Å². The van der Waals surface area contributed by atoms with Gasteiger partial charge in [-0.15, -0.1) is 23.2 Å². The maximum atomic E-state index is 12.9. The number of carbonyl (C=O) groups excluding carboxylic acids is 2. The number of carbonyl (C=O) groups is 2. The first kappa shape index (κ1) is 23.5. The van der Waals surface area contributed by atoms with Crippen LogP contribution in [0.15, 0.2) is 36.4 Å². The minimum atomic E-state index is -1.31. The van der Waals surface area contributed by atoms with Gasteiger partial charge in [0.1, 0.15) is 9.87 Å². The number of nitrogens with zero attached hydrogens (tertiary/aromatic N) is 2. The van der Waals surface area contributed by atoms with Crippen molar-refractivity contribution in [1.29, 1.82) is 5.26 Å². The fraction of sp³-hybridized carbons (Fsp3) is 0.318. The zero-order chi connectivity index (χ0) is 23.4. The summed E-state index contributed by atoms with van der Waals surface area (Å²) >= 11 is 31.1. The van der Waals surface area contributed by atoms with Gasteiger partial charge in [-0.3, -0.25) is 9.59 Å². The molecule has 2 aromatic carbocycles. The number of alkyl halides is 2. The van der Waals surface area contributed by atoms with E-state index in [-0.39, 0.29) is 10.6 Å². The van der Waals surface area contributed by atoms with Crippen molar-refractivity contribution in [2.24, 2.45) is 5.92 Å². The van der Waals surface area contributed by atoms with Crippen molar-refractivity contribution in [2.75, 3.05) is 12.4 Å². The van der Waals surface area contributed by atoms with E-state index in [1.807, 2.05) is 0 Å². The summed E-state index contributed by atoms with van der Waals surface area (Å²) in [5.41, 5.74) is 0.456. The quantitative estimate of drug-likeness (QED) is 0.460. The Kier molecular flexibility index (Phi) is 6.07. The standard InChI is InChI=1S/C22H16Cl5N3O2/c1-30(21(10-28)6-7-21)20(32)13-9-12(3-5-14(13)23)29-19(31)18-17(22(18,26)27)11-2-4-15(24)16(25)8-11/h2-5,8-9,17-18H,6-7H2,1H3,(H,29,31)/t17-,18+/m0/s1. The highest BCUT2D eigenvalue weighted by atomic mass is 35.5. The van der Waals surface area contributed by atoms with Gasteiger partial charge >= 0.3 is 0 Å². The first-order valence-electron chi connectivity index (χ1n) is 9.64. The summed E-state index contributed by atoms with van der Waals surface area (Å²) < 4.78 is -1.31. The second kappa shape index (κ2) is 8.27. The van der Waals surface area contributed by atoms with Gasteiger partial charge in [-0.2, -0.15) is 5.26 Å². The highest BCUT2D eigenvalue weighted by Crippen LogP contribution is 2.65. The number of benzene rings is 2. The second-order valence-electron chi connectivity index (χ2n) is 7.99. The summed E-state index contributed by atoms with van der Waals surface area (Å²) in [5, 5.41) is 13.1. The molecule has 1 N–H and O–H groups in total. The lowest BCUT2D eigenvalue weighted by Gasteiger charge is -2.23. The monoisotopic (exact) mass is 529 g/mol. The smallest absolute Gasteiger partial charge is 0.256 e. The molecule has 2 saturated carbocycles. The molecule has 2 aliphatic rings. The van der Waals surface area contributed by atoms with E-state index in [0.29, 0.717) is 34.1 Å². The van der Waals surface area contributed by atoms with Crippen LogP contribution in [0.1, 0.15) is 34.7 Å². The van der Waals surface area contributed by atoms with Gasteiger partial charge < -0.3 is 10.2 Å². The summed E-state index contributed by atoms with van der Waals surface area (Å²) in [6.07, 6.45) is 1.23. The van der Waals surface area contributed by atoms with E-state index in [9.17, 15) is 14.9 Å². The van der Waals surface area contributed by atoms with E-state index in [1.165, 1.54) is 17.0 Å². The lowest BCUT2D eigenvalue weighted by atomic mass is 10.1. The van der Waals surface area contributed by atoms with Crippen molar-refractivity contribution in [2.45, 2.75) is 28.6 Å². The summed E-state index contributed by atoms with van der Waals surface area (Å²) in [5.74, 6) is -2.00. The van der Waals surface area contributed by atoms with Gasteiger partial charge in [-0.25, -0.2) is 0 Å². The van der Waals surface area contributed by atoms with Gasteiger partial charge in [0, 0.05) is 18.7 Å². The maximum absolute atomic E-state index is 12.9. The van der Waals surface area contributed by atoms with Crippen molar-refractivity contribution < 1.29 is 9.59 Å². The number of amides is 2. The number of nitrogens with one attached hydrogen (secondary N) is 1. The third-order valence-electron chi connectivity index (χ3n) is 5.98. The molecule has 0 bridgehead atoms. The highest BCUT2D eigenvalue weighted by molar-refractivity contribution is 6.53. The Morgan fingerprint density at radius 3 is 2.31 bits per heavy atom. The molecule has 0 spiro atoms. The van der Waals surface area contributed by atoms with Crippen LogP contribution in [0, 0.1) is 17.2 Å². The molecule has 2 amide bonds. The molecule has 0 saturated heterocycles. The van der Waals surface area contributed by atoms with Gasteiger partial charge in [-0.1, -0.05) is 40.9 Å². The van der Waals surface area contributed by atoms with Crippen LogP contribution in [0.2, 0.25) is 15.1 Å². The number of nitriles is 1. The number of hydrogen-bond acceptors (Lipinski definition) is 3. The van der Waals surface area contributed by atoms with Crippen LogP contribution in [-0.2, 0) is 4.79 Å². The van der Waals surface area contributed by atoms with Crippen LogP contribution in [0.4, 0.5) is 5.69 Å². The minimum Gasteiger partial charge on any atom is -0.326 e. The van der Waals surface area contributed by atoms with Gasteiger partial charge in [0.25, 0.3) is 5.91 Å². The zero-order valence-electron chi connectivity index (χ0n) is 16.6. The third-order valence-corrected chi connectivity index (χ3v) is 7.99. The largest absolute Gasteiger partial charge is 0.326 e. The van der Waals surface area contributed by atoms with Crippen molar-refractivity contribution in [1.82, 2.24) is 4.90 Å². The molecular formula is C22H16Cl5N3O2. The Labute approximate surface area is 210 Å². The normalized spacial score (nSPS) is 21.9. The van der Waals surface area contributed by atoms with Crippen molar-refractivity contribution in [3.05, 3.63) is 62.6 Å². The highest BCUT2D eigenvalue weighted by Gasteiger charge is 2.67. The second-order valence-corrected chi connectivity index (χ2v) is 10.7. The van der Waals surface area contributed by atoms with Crippen LogP contribution in [0.5, 0.6) is 0 Å². The number of hydrogen-bond donors (Lipinski definition) is 1. The van der Waals surface area contributed by atoms with Crippen LogP contribution in [0.3, 0.4) is 0 Å². The Morgan fingerprint density at radius 2 is 1.72 bits per heavy atom. The Hall–Kier alpha value is -1.68. The van der Waals surface area contributed by atoms with Crippen LogP contribution < -0.4 is 5.32 Å². The molecule has 5 nitrogen and oxygen atoms in total. The van der Waals surface area contributed by atoms with Crippen molar-refractivity contribution in [3.8, 4) is 6.07 Å². The molecule has 2 fully saturated rings. The van der Waals surface area contributed by atoms with E-state index in [2.05, 4.69) is 11.4 Å². The van der Waals surface area contributed by atoms with E-state index < -0.39 is 33.5 Å². The maximum Gasteiger partial charge on any atom is 0.256 e. The van der Waals surface area contributed by atoms with E-state index in [0.717, 1.165) is 0 Å². The summed E-state index contributed by atoms with van der Waals surface area (Å²) in [4.78, 5) is 27.2. The van der Waals surface area contributed by atoms with Gasteiger partial charge in [0.2, 0.25) is 5.91 Å². The molecule has 2 atom stereocenters. The van der Waals surface area contributed by atoms with E-state index >= 15 is 0 Å². The number of rotatable bonds is 5. The molecule has 0 unspecified atom stereocenters. The molecule has 0 heterocycles. The van der Waals surface area contributed by atoms with Gasteiger partial charge in [-0.05, 0) is 48.7 Å². The average molecular weight is 532 g/mol. The molecule has 4 rings (SSSR count). The van der Waals surface area contributed by atoms with Crippen molar-refractivity contribution in [3.63, 3.8) is 0 Å². The third kappa shape index (κ3) is 4.04. The summed E-state index contributed by atoms with van der Waals surface area (Å²) in [7, 11) is 1.57. The molecule has 0 aromatic heterocycles. The predicted molar refractivity (Wildman–Crippen MR) is 127 cm³/mol. The molecule has 10 heteroatoms. The van der Waals surface area contributed by atoms with Crippen LogP contribution >= 0.6 is 58.0 Å². The van der Waals surface area contributed by atoms with E-state index in [1.54, 1.807) is 31.3 Å². The fourth-order valence-electron chi connectivity index (χ4n) is 3.78. The Bertz CT molecular complexity index is 1170. The molecular weight excluding hydrogens is 516 g/mol.